The Kier molecular flexibility index (Phi) is 6.29. The van der Waals surface area contributed by atoms with Gasteiger partial charge in [0.25, 0.3) is 11.7 Å². The fourth-order valence-electron chi connectivity index (χ4n) is 3.79. The second-order valence-corrected chi connectivity index (χ2v) is 7.79. The second kappa shape index (κ2) is 9.30. The Bertz CT molecular complexity index is 1230. The van der Waals surface area contributed by atoms with Crippen molar-refractivity contribution in [1.29, 1.82) is 0 Å². The number of hydrogen-bond acceptors (Lipinski definition) is 5. The van der Waals surface area contributed by atoms with Gasteiger partial charge in [0.05, 0.1) is 23.8 Å². The van der Waals surface area contributed by atoms with Gasteiger partial charge in [-0.1, -0.05) is 41.9 Å². The fourth-order valence-corrected chi connectivity index (χ4v) is 3.91. The standard InChI is InChI=1S/C26H20ClNO5/c1-2-33-26(32)18-10-14-20(15-11-18)28-22(16-6-4-3-5-7-16)21(24(30)25(28)31)23(29)17-8-12-19(27)13-9-17/h3-15,22,29H,2H2,1H3. The maximum atomic E-state index is 13.1. The van der Waals surface area contributed by atoms with Crippen LogP contribution in [0.15, 0.2) is 84.4 Å². The van der Waals surface area contributed by atoms with Crippen molar-refractivity contribution in [3.63, 3.8) is 0 Å². The number of nitrogens with zero attached hydrogens (tertiary/aromatic N) is 1. The highest BCUT2D eigenvalue weighted by atomic mass is 35.5. The molecule has 6 nitrogen and oxygen atoms in total. The molecule has 1 saturated heterocycles. The van der Waals surface area contributed by atoms with Crippen molar-refractivity contribution in [2.24, 2.45) is 0 Å². The number of ether oxygens (including phenoxy) is 1. The molecule has 1 unspecified atom stereocenters. The highest BCUT2D eigenvalue weighted by Gasteiger charge is 2.46. The molecule has 1 atom stereocenters. The predicted octanol–water partition coefficient (Wildman–Crippen LogP) is 5.14. The van der Waals surface area contributed by atoms with Crippen LogP contribution in [0, 0.1) is 0 Å². The molecule has 1 N–H and O–H groups in total. The Labute approximate surface area is 195 Å². The van der Waals surface area contributed by atoms with Gasteiger partial charge in [0.1, 0.15) is 5.76 Å². The number of benzene rings is 3. The van der Waals surface area contributed by atoms with Crippen LogP contribution in [-0.2, 0) is 14.3 Å². The van der Waals surface area contributed by atoms with Gasteiger partial charge in [-0.3, -0.25) is 14.5 Å². The van der Waals surface area contributed by atoms with Crippen molar-refractivity contribution in [3.8, 4) is 0 Å². The lowest BCUT2D eigenvalue weighted by molar-refractivity contribution is -0.132. The minimum Gasteiger partial charge on any atom is -0.507 e. The summed E-state index contributed by atoms with van der Waals surface area (Å²) in [6, 6.07) is 20.7. The number of esters is 1. The molecule has 1 aliphatic rings. The summed E-state index contributed by atoms with van der Waals surface area (Å²) in [5.41, 5.74) is 1.74. The third-order valence-electron chi connectivity index (χ3n) is 5.33. The van der Waals surface area contributed by atoms with Gasteiger partial charge in [-0.15, -0.1) is 0 Å². The lowest BCUT2D eigenvalue weighted by Gasteiger charge is -2.25. The number of aliphatic hydroxyl groups is 1. The zero-order chi connectivity index (χ0) is 23.5. The molecule has 0 aromatic heterocycles. The van der Waals surface area contributed by atoms with E-state index >= 15 is 0 Å². The number of halogens is 1. The van der Waals surface area contributed by atoms with Crippen LogP contribution in [0.25, 0.3) is 5.76 Å². The fraction of sp³-hybridized carbons (Fsp3) is 0.115. The molecule has 0 radical (unpaired) electrons. The summed E-state index contributed by atoms with van der Waals surface area (Å²) in [6.45, 7) is 1.96. The number of anilines is 1. The quantitative estimate of drug-likeness (QED) is 0.246. The molecule has 0 bridgehead atoms. The molecule has 0 saturated carbocycles. The normalized spacial score (nSPS) is 17.3. The number of Topliss-reactive ketones (excluding diaryl/α,β-unsaturated/α-hetero) is 1. The minimum absolute atomic E-state index is 0.0250. The molecular formula is C26H20ClNO5. The number of hydrogen-bond donors (Lipinski definition) is 1. The van der Waals surface area contributed by atoms with E-state index in [0.717, 1.165) is 0 Å². The van der Waals surface area contributed by atoms with Crippen LogP contribution in [0.3, 0.4) is 0 Å². The topological polar surface area (TPSA) is 83.9 Å². The van der Waals surface area contributed by atoms with E-state index in [0.29, 0.717) is 27.4 Å². The van der Waals surface area contributed by atoms with Gasteiger partial charge in [-0.05, 0) is 61.0 Å². The first-order chi connectivity index (χ1) is 15.9. The number of carbonyl (C=O) groups is 3. The lowest BCUT2D eigenvalue weighted by atomic mass is 9.95. The first-order valence-electron chi connectivity index (χ1n) is 10.3. The van der Waals surface area contributed by atoms with E-state index in [9.17, 15) is 19.5 Å². The van der Waals surface area contributed by atoms with Gasteiger partial charge in [0.15, 0.2) is 0 Å². The Hall–Kier alpha value is -3.90. The van der Waals surface area contributed by atoms with Crippen LogP contribution < -0.4 is 4.90 Å². The maximum Gasteiger partial charge on any atom is 0.338 e. The van der Waals surface area contributed by atoms with Crippen LogP contribution in [0.5, 0.6) is 0 Å². The van der Waals surface area contributed by atoms with Crippen molar-refractivity contribution in [1.82, 2.24) is 0 Å². The molecule has 33 heavy (non-hydrogen) atoms. The number of rotatable bonds is 5. The van der Waals surface area contributed by atoms with Crippen molar-refractivity contribution in [2.75, 3.05) is 11.5 Å². The monoisotopic (exact) mass is 461 g/mol. The second-order valence-electron chi connectivity index (χ2n) is 7.35. The average molecular weight is 462 g/mol. The highest BCUT2D eigenvalue weighted by molar-refractivity contribution is 6.51. The van der Waals surface area contributed by atoms with E-state index in [1.807, 2.05) is 6.07 Å². The van der Waals surface area contributed by atoms with Crippen LogP contribution in [-0.4, -0.2) is 29.4 Å². The van der Waals surface area contributed by atoms with E-state index in [1.54, 1.807) is 67.6 Å². The molecule has 1 fully saturated rings. The summed E-state index contributed by atoms with van der Waals surface area (Å²) in [5, 5.41) is 11.5. The number of aliphatic hydroxyl groups excluding tert-OH is 1. The van der Waals surface area contributed by atoms with E-state index < -0.39 is 23.7 Å². The zero-order valence-electron chi connectivity index (χ0n) is 17.7. The summed E-state index contributed by atoms with van der Waals surface area (Å²) in [4.78, 5) is 39.6. The Balaban J connectivity index is 1.84. The molecule has 0 aliphatic carbocycles. The van der Waals surface area contributed by atoms with Gasteiger partial charge in [0.2, 0.25) is 0 Å². The Morgan fingerprint density at radius 2 is 1.55 bits per heavy atom. The molecule has 7 heteroatoms. The van der Waals surface area contributed by atoms with Gasteiger partial charge in [0, 0.05) is 16.3 Å². The Morgan fingerprint density at radius 1 is 0.939 bits per heavy atom. The number of ketones is 1. The minimum atomic E-state index is -0.852. The Morgan fingerprint density at radius 3 is 2.15 bits per heavy atom. The summed E-state index contributed by atoms with van der Waals surface area (Å²) in [7, 11) is 0. The molecule has 0 spiro atoms. The molecule has 3 aromatic carbocycles. The maximum absolute atomic E-state index is 13.1. The van der Waals surface area contributed by atoms with Gasteiger partial charge in [-0.25, -0.2) is 4.79 Å². The molecule has 1 heterocycles. The summed E-state index contributed by atoms with van der Waals surface area (Å²) in [6.07, 6.45) is 0. The molecule has 4 rings (SSSR count). The molecule has 1 aliphatic heterocycles. The summed E-state index contributed by atoms with van der Waals surface area (Å²) < 4.78 is 5.00. The smallest absolute Gasteiger partial charge is 0.338 e. The average Bonchev–Trinajstić information content (AvgIpc) is 3.10. The van der Waals surface area contributed by atoms with Crippen LogP contribution in [0.2, 0.25) is 5.02 Å². The van der Waals surface area contributed by atoms with Crippen LogP contribution in [0.4, 0.5) is 5.69 Å². The van der Waals surface area contributed by atoms with Gasteiger partial charge >= 0.3 is 5.97 Å². The first-order valence-corrected chi connectivity index (χ1v) is 10.7. The number of carbonyl (C=O) groups excluding carboxylic acids is 3. The van der Waals surface area contributed by atoms with E-state index in [1.165, 1.54) is 17.0 Å². The molecule has 1 amide bonds. The van der Waals surface area contributed by atoms with Crippen molar-refractivity contribution in [3.05, 3.63) is 106 Å². The van der Waals surface area contributed by atoms with Crippen molar-refractivity contribution < 1.29 is 24.2 Å². The lowest BCUT2D eigenvalue weighted by Crippen LogP contribution is -2.29. The van der Waals surface area contributed by atoms with Gasteiger partial charge < -0.3 is 9.84 Å². The van der Waals surface area contributed by atoms with Crippen LogP contribution >= 0.6 is 11.6 Å². The zero-order valence-corrected chi connectivity index (χ0v) is 18.5. The first kappa shape index (κ1) is 22.3. The molecular weight excluding hydrogens is 442 g/mol. The van der Waals surface area contributed by atoms with Gasteiger partial charge in [-0.2, -0.15) is 0 Å². The van der Waals surface area contributed by atoms with Crippen molar-refractivity contribution >= 4 is 40.7 Å². The van der Waals surface area contributed by atoms with Crippen molar-refractivity contribution in [2.45, 2.75) is 13.0 Å². The van der Waals surface area contributed by atoms with Crippen LogP contribution in [0.1, 0.15) is 34.5 Å². The number of amides is 1. The molecule has 166 valence electrons. The predicted molar refractivity (Wildman–Crippen MR) is 125 cm³/mol. The summed E-state index contributed by atoms with van der Waals surface area (Å²) in [5.74, 6) is -2.34. The van der Waals surface area contributed by atoms with E-state index in [4.69, 9.17) is 16.3 Å². The summed E-state index contributed by atoms with van der Waals surface area (Å²) >= 11 is 5.95. The highest BCUT2D eigenvalue weighted by Crippen LogP contribution is 2.42. The largest absolute Gasteiger partial charge is 0.507 e. The third-order valence-corrected chi connectivity index (χ3v) is 5.59. The molecule has 3 aromatic rings. The SMILES string of the molecule is CCOC(=O)c1ccc(N2C(=O)C(=O)C(=C(O)c3ccc(Cl)cc3)C2c2ccccc2)cc1. The third kappa shape index (κ3) is 4.25. The van der Waals surface area contributed by atoms with E-state index in [2.05, 4.69) is 0 Å². The van der Waals surface area contributed by atoms with E-state index in [-0.39, 0.29) is 17.9 Å².